The van der Waals surface area contributed by atoms with Crippen LogP contribution in [0.2, 0.25) is 0 Å². The molecule has 1 aliphatic rings. The summed E-state index contributed by atoms with van der Waals surface area (Å²) in [5.41, 5.74) is 15.0. The van der Waals surface area contributed by atoms with Crippen LogP contribution in [0.5, 0.6) is 11.5 Å². The summed E-state index contributed by atoms with van der Waals surface area (Å²) in [6.45, 7) is 0. The average molecular weight is 370 g/mol. The van der Waals surface area contributed by atoms with Crippen LogP contribution in [-0.2, 0) is 0 Å². The molecular formula is C24H22N2O2. The summed E-state index contributed by atoms with van der Waals surface area (Å²) < 4.78 is 12.9. The molecule has 0 unspecified atom stereocenters. The summed E-state index contributed by atoms with van der Waals surface area (Å²) >= 11 is 0. The minimum Gasteiger partial charge on any atom is -0.448 e. The first-order valence-electron chi connectivity index (χ1n) is 9.16. The molecule has 0 saturated heterocycles. The fourth-order valence-electron chi connectivity index (χ4n) is 3.22. The molecule has 0 radical (unpaired) electrons. The van der Waals surface area contributed by atoms with Crippen LogP contribution in [0.15, 0.2) is 97.1 Å². The van der Waals surface area contributed by atoms with Crippen LogP contribution in [-0.4, -0.2) is 5.79 Å². The van der Waals surface area contributed by atoms with E-state index in [1.807, 2.05) is 85.0 Å². The van der Waals surface area contributed by atoms with E-state index in [-0.39, 0.29) is 0 Å². The predicted octanol–water partition coefficient (Wildman–Crippen LogP) is 5.05. The van der Waals surface area contributed by atoms with Gasteiger partial charge in [0.15, 0.2) is 0 Å². The molecule has 0 amide bonds. The second kappa shape index (κ2) is 7.53. The van der Waals surface area contributed by atoms with Crippen molar-refractivity contribution in [1.82, 2.24) is 0 Å². The molecule has 4 rings (SSSR count). The number of nitrogen functional groups attached to an aromatic ring is 2. The molecule has 1 aliphatic carbocycles. The number of hydrogen-bond acceptors (Lipinski definition) is 4. The van der Waals surface area contributed by atoms with E-state index in [0.717, 1.165) is 11.1 Å². The van der Waals surface area contributed by atoms with Crippen LogP contribution in [0.25, 0.3) is 5.57 Å². The first-order valence-corrected chi connectivity index (χ1v) is 9.16. The van der Waals surface area contributed by atoms with E-state index in [4.69, 9.17) is 20.9 Å². The van der Waals surface area contributed by atoms with Gasteiger partial charge in [-0.15, -0.1) is 0 Å². The first-order chi connectivity index (χ1) is 13.6. The molecule has 4 heteroatoms. The zero-order valence-corrected chi connectivity index (χ0v) is 15.4. The molecular weight excluding hydrogens is 348 g/mol. The Kier molecular flexibility index (Phi) is 4.77. The SMILES string of the molecule is Nc1ccc(OC2(Oc3ccc(N)cc3)CC=CC=C2c2ccccc2)cc1. The molecule has 4 nitrogen and oxygen atoms in total. The Hall–Kier alpha value is -3.66. The van der Waals surface area contributed by atoms with Crippen molar-refractivity contribution in [2.75, 3.05) is 11.5 Å². The monoisotopic (exact) mass is 370 g/mol. The fraction of sp³-hybridized carbons (Fsp3) is 0.0833. The Labute approximate surface area is 164 Å². The maximum Gasteiger partial charge on any atom is 0.281 e. The lowest BCUT2D eigenvalue weighted by Crippen LogP contribution is -2.44. The third kappa shape index (κ3) is 3.71. The van der Waals surface area contributed by atoms with Gasteiger partial charge in [0.1, 0.15) is 11.5 Å². The lowest BCUT2D eigenvalue weighted by molar-refractivity contribution is -0.0590. The second-order valence-electron chi connectivity index (χ2n) is 6.67. The third-order valence-electron chi connectivity index (χ3n) is 4.61. The quantitative estimate of drug-likeness (QED) is 0.487. The zero-order chi connectivity index (χ0) is 19.4. The summed E-state index contributed by atoms with van der Waals surface area (Å²) in [7, 11) is 0. The number of benzene rings is 3. The van der Waals surface area contributed by atoms with E-state index < -0.39 is 5.79 Å². The van der Waals surface area contributed by atoms with Crippen molar-refractivity contribution in [2.45, 2.75) is 12.2 Å². The van der Waals surface area contributed by atoms with E-state index >= 15 is 0 Å². The molecule has 140 valence electrons. The predicted molar refractivity (Wildman–Crippen MR) is 114 cm³/mol. The lowest BCUT2D eigenvalue weighted by atomic mass is 9.90. The maximum atomic E-state index is 6.47. The Morgan fingerprint density at radius 2 is 1.21 bits per heavy atom. The van der Waals surface area contributed by atoms with Gasteiger partial charge in [0.2, 0.25) is 0 Å². The summed E-state index contributed by atoms with van der Waals surface area (Å²) in [5, 5.41) is 0. The van der Waals surface area contributed by atoms with Crippen molar-refractivity contribution < 1.29 is 9.47 Å². The number of rotatable bonds is 5. The van der Waals surface area contributed by atoms with Gasteiger partial charge in [-0.2, -0.15) is 0 Å². The Morgan fingerprint density at radius 3 is 1.75 bits per heavy atom. The highest BCUT2D eigenvalue weighted by atomic mass is 16.7. The van der Waals surface area contributed by atoms with Gasteiger partial charge in [-0.05, 0) is 54.1 Å². The van der Waals surface area contributed by atoms with Gasteiger partial charge in [-0.25, -0.2) is 0 Å². The van der Waals surface area contributed by atoms with E-state index in [0.29, 0.717) is 29.3 Å². The highest BCUT2D eigenvalue weighted by molar-refractivity contribution is 5.74. The minimum atomic E-state index is -1.01. The Balaban J connectivity index is 1.77. The molecule has 3 aromatic carbocycles. The normalized spacial score (nSPS) is 14.9. The highest BCUT2D eigenvalue weighted by Crippen LogP contribution is 2.39. The molecule has 0 fully saturated rings. The fourth-order valence-corrected chi connectivity index (χ4v) is 3.22. The number of hydrogen-bond donors (Lipinski definition) is 2. The Bertz CT molecular complexity index is 944. The average Bonchev–Trinajstić information content (AvgIpc) is 2.73. The van der Waals surface area contributed by atoms with Gasteiger partial charge >= 0.3 is 0 Å². The summed E-state index contributed by atoms with van der Waals surface area (Å²) in [5.74, 6) is 0.353. The van der Waals surface area contributed by atoms with Crippen LogP contribution in [0.1, 0.15) is 12.0 Å². The molecule has 0 atom stereocenters. The molecule has 3 aromatic rings. The number of anilines is 2. The van der Waals surface area contributed by atoms with Crippen molar-refractivity contribution in [3.63, 3.8) is 0 Å². The second-order valence-corrected chi connectivity index (χ2v) is 6.67. The van der Waals surface area contributed by atoms with E-state index in [1.54, 1.807) is 0 Å². The molecule has 0 aromatic heterocycles. The number of nitrogens with two attached hydrogens (primary N) is 2. The standard InChI is InChI=1S/C24H22N2O2/c25-19-9-13-21(14-10-19)27-24(28-22-15-11-20(26)12-16-22)17-5-4-8-23(24)18-6-2-1-3-7-18/h1-16H,17,25-26H2. The number of ether oxygens (including phenoxy) is 2. The van der Waals surface area contributed by atoms with Crippen LogP contribution < -0.4 is 20.9 Å². The third-order valence-corrected chi connectivity index (χ3v) is 4.61. The topological polar surface area (TPSA) is 70.5 Å². The molecule has 0 bridgehead atoms. The minimum absolute atomic E-state index is 0.558. The van der Waals surface area contributed by atoms with E-state index in [9.17, 15) is 0 Å². The smallest absolute Gasteiger partial charge is 0.281 e. The van der Waals surface area contributed by atoms with Crippen LogP contribution in [0.4, 0.5) is 11.4 Å². The van der Waals surface area contributed by atoms with Gasteiger partial charge in [0.05, 0.1) is 0 Å². The molecule has 0 heterocycles. The van der Waals surface area contributed by atoms with Gasteiger partial charge in [-0.1, -0.05) is 48.6 Å². The molecule has 4 N–H and O–H groups in total. The van der Waals surface area contributed by atoms with Gasteiger partial charge in [0.25, 0.3) is 5.79 Å². The van der Waals surface area contributed by atoms with Crippen molar-refractivity contribution in [3.8, 4) is 11.5 Å². The van der Waals surface area contributed by atoms with Crippen molar-refractivity contribution in [1.29, 1.82) is 0 Å². The van der Waals surface area contributed by atoms with Crippen molar-refractivity contribution in [3.05, 3.63) is 103 Å². The van der Waals surface area contributed by atoms with Crippen molar-refractivity contribution >= 4 is 16.9 Å². The van der Waals surface area contributed by atoms with Gasteiger partial charge < -0.3 is 20.9 Å². The van der Waals surface area contributed by atoms with Crippen LogP contribution in [0, 0.1) is 0 Å². The van der Waals surface area contributed by atoms with Crippen molar-refractivity contribution in [2.24, 2.45) is 0 Å². The zero-order valence-electron chi connectivity index (χ0n) is 15.4. The summed E-state index contributed by atoms with van der Waals surface area (Å²) in [4.78, 5) is 0. The summed E-state index contributed by atoms with van der Waals surface area (Å²) in [6, 6.07) is 24.8. The van der Waals surface area contributed by atoms with Gasteiger partial charge in [0, 0.05) is 23.4 Å². The number of allylic oxidation sites excluding steroid dienone is 2. The molecule has 0 saturated carbocycles. The maximum absolute atomic E-state index is 6.47. The lowest BCUT2D eigenvalue weighted by Gasteiger charge is -2.37. The first kappa shape index (κ1) is 17.7. The van der Waals surface area contributed by atoms with Gasteiger partial charge in [-0.3, -0.25) is 0 Å². The van der Waals surface area contributed by atoms with E-state index in [1.165, 1.54) is 0 Å². The summed E-state index contributed by atoms with van der Waals surface area (Å²) in [6.07, 6.45) is 6.66. The highest BCUT2D eigenvalue weighted by Gasteiger charge is 2.40. The van der Waals surface area contributed by atoms with E-state index in [2.05, 4.69) is 12.1 Å². The molecule has 0 spiro atoms. The molecule has 28 heavy (non-hydrogen) atoms. The Morgan fingerprint density at radius 1 is 0.679 bits per heavy atom. The van der Waals surface area contributed by atoms with Crippen LogP contribution in [0.3, 0.4) is 0 Å². The molecule has 0 aliphatic heterocycles. The largest absolute Gasteiger partial charge is 0.448 e. The van der Waals surface area contributed by atoms with Crippen LogP contribution >= 0.6 is 0 Å².